The fourth-order valence-corrected chi connectivity index (χ4v) is 2.05. The van der Waals surface area contributed by atoms with Crippen molar-refractivity contribution in [2.75, 3.05) is 0 Å². The molecule has 0 spiro atoms. The number of nitrogens with zero attached hydrogens (tertiary/aromatic N) is 1. The fraction of sp³-hybridized carbons (Fsp3) is 0. The number of rotatable bonds is 1. The minimum atomic E-state index is -0.441. The van der Waals surface area contributed by atoms with Crippen LogP contribution in [-0.4, -0.2) is 4.98 Å². The van der Waals surface area contributed by atoms with Gasteiger partial charge in [-0.05, 0) is 6.07 Å². The van der Waals surface area contributed by atoms with Crippen LogP contribution in [-0.2, 0) is 0 Å². The Labute approximate surface area is 88.4 Å². The van der Waals surface area contributed by atoms with E-state index < -0.39 is 5.82 Å². The van der Waals surface area contributed by atoms with Crippen molar-refractivity contribution < 1.29 is 4.39 Å². The van der Waals surface area contributed by atoms with Crippen LogP contribution in [0.5, 0.6) is 0 Å². The van der Waals surface area contributed by atoms with E-state index in [-0.39, 0.29) is 16.1 Å². The maximum Gasteiger partial charge on any atom is 0.306 e. The molecule has 0 fully saturated rings. The molecule has 74 valence electrons. The highest BCUT2D eigenvalue weighted by Crippen LogP contribution is 2.26. The van der Waals surface area contributed by atoms with Gasteiger partial charge in [0.05, 0.1) is 4.88 Å². The van der Waals surface area contributed by atoms with Crippen LogP contribution in [0.15, 0.2) is 29.1 Å². The van der Waals surface area contributed by atoms with E-state index in [4.69, 9.17) is 5.26 Å². The number of nitrogens with one attached hydrogen (secondary N) is 1. The summed E-state index contributed by atoms with van der Waals surface area (Å²) in [5.41, 5.74) is 0.382. The lowest BCUT2D eigenvalue weighted by molar-refractivity contribution is 0.631. The molecule has 0 radical (unpaired) electrons. The van der Waals surface area contributed by atoms with Crippen LogP contribution in [0.2, 0.25) is 0 Å². The van der Waals surface area contributed by atoms with Gasteiger partial charge in [0, 0.05) is 5.56 Å². The van der Waals surface area contributed by atoms with E-state index in [1.807, 2.05) is 6.07 Å². The average Bonchev–Trinajstić information content (AvgIpc) is 2.60. The first kappa shape index (κ1) is 9.62. The van der Waals surface area contributed by atoms with Crippen LogP contribution in [0, 0.1) is 17.1 Å². The molecule has 0 amide bonds. The predicted octanol–water partition coefficient (Wildman–Crippen LogP) is 2.11. The maximum atomic E-state index is 13.4. The Morgan fingerprint density at radius 1 is 1.40 bits per heavy atom. The molecule has 1 aromatic heterocycles. The first-order valence-electron chi connectivity index (χ1n) is 4.10. The highest BCUT2D eigenvalue weighted by Gasteiger charge is 2.12. The Morgan fingerprint density at radius 2 is 2.13 bits per heavy atom. The van der Waals surface area contributed by atoms with Gasteiger partial charge in [-0.25, -0.2) is 4.39 Å². The molecule has 1 heterocycles. The summed E-state index contributed by atoms with van der Waals surface area (Å²) >= 11 is 0.833. The van der Waals surface area contributed by atoms with E-state index in [2.05, 4.69) is 4.98 Å². The number of aromatic amines is 1. The molecule has 0 aliphatic carbocycles. The molecule has 0 unspecified atom stereocenters. The largest absolute Gasteiger partial charge is 0.306 e. The molecule has 1 N–H and O–H groups in total. The first-order valence-corrected chi connectivity index (χ1v) is 4.92. The topological polar surface area (TPSA) is 56.6 Å². The second-order valence-corrected chi connectivity index (χ2v) is 3.79. The fourth-order valence-electron chi connectivity index (χ4n) is 1.24. The van der Waals surface area contributed by atoms with E-state index in [9.17, 15) is 9.18 Å². The molecule has 0 atom stereocenters. The Kier molecular flexibility index (Phi) is 2.35. The molecule has 0 saturated carbocycles. The summed E-state index contributed by atoms with van der Waals surface area (Å²) in [7, 11) is 0. The van der Waals surface area contributed by atoms with Crippen molar-refractivity contribution >= 4 is 11.3 Å². The molecule has 3 nitrogen and oxygen atoms in total. The van der Waals surface area contributed by atoms with Gasteiger partial charge in [-0.15, -0.1) is 0 Å². The average molecular weight is 220 g/mol. The number of H-pyrrole nitrogens is 1. The van der Waals surface area contributed by atoms with Crippen LogP contribution in [0.1, 0.15) is 5.69 Å². The zero-order valence-electron chi connectivity index (χ0n) is 7.45. The molecule has 0 saturated heterocycles. The quantitative estimate of drug-likeness (QED) is 0.800. The summed E-state index contributed by atoms with van der Waals surface area (Å²) in [6.07, 6.45) is 0. The normalized spacial score (nSPS) is 9.87. The number of nitriles is 1. The van der Waals surface area contributed by atoms with Gasteiger partial charge >= 0.3 is 4.87 Å². The van der Waals surface area contributed by atoms with Crippen LogP contribution < -0.4 is 4.87 Å². The molecule has 0 aliphatic rings. The molecule has 2 aromatic rings. The van der Waals surface area contributed by atoms with Crippen molar-refractivity contribution in [3.05, 3.63) is 45.4 Å². The third-order valence-electron chi connectivity index (χ3n) is 1.88. The van der Waals surface area contributed by atoms with Crippen molar-refractivity contribution in [2.45, 2.75) is 0 Å². The van der Waals surface area contributed by atoms with Crippen LogP contribution in [0.4, 0.5) is 4.39 Å². The van der Waals surface area contributed by atoms with Gasteiger partial charge in [0.1, 0.15) is 17.6 Å². The van der Waals surface area contributed by atoms with Gasteiger partial charge in [0.2, 0.25) is 0 Å². The summed E-state index contributed by atoms with van der Waals surface area (Å²) in [5.74, 6) is -0.441. The van der Waals surface area contributed by atoms with Crippen molar-refractivity contribution in [2.24, 2.45) is 0 Å². The van der Waals surface area contributed by atoms with Crippen LogP contribution >= 0.6 is 11.3 Å². The summed E-state index contributed by atoms with van der Waals surface area (Å²) < 4.78 is 13.4. The van der Waals surface area contributed by atoms with Gasteiger partial charge < -0.3 is 4.98 Å². The van der Waals surface area contributed by atoms with Crippen molar-refractivity contribution in [1.29, 1.82) is 5.26 Å². The number of hydrogen-bond donors (Lipinski definition) is 1. The summed E-state index contributed by atoms with van der Waals surface area (Å²) in [6, 6.07) is 7.87. The molecule has 0 aliphatic heterocycles. The summed E-state index contributed by atoms with van der Waals surface area (Å²) in [4.78, 5) is 13.4. The van der Waals surface area contributed by atoms with Gasteiger partial charge in [-0.1, -0.05) is 29.5 Å². The van der Waals surface area contributed by atoms with E-state index >= 15 is 0 Å². The van der Waals surface area contributed by atoms with Crippen LogP contribution in [0.3, 0.4) is 0 Å². The van der Waals surface area contributed by atoms with E-state index in [1.54, 1.807) is 12.1 Å². The van der Waals surface area contributed by atoms with Gasteiger partial charge in [0.25, 0.3) is 0 Å². The minimum absolute atomic E-state index is 0.107. The van der Waals surface area contributed by atoms with Crippen molar-refractivity contribution in [1.82, 2.24) is 4.98 Å². The monoisotopic (exact) mass is 220 g/mol. The van der Waals surface area contributed by atoms with Crippen molar-refractivity contribution in [3.8, 4) is 16.5 Å². The predicted molar refractivity (Wildman–Crippen MR) is 55.0 cm³/mol. The molecule has 5 heteroatoms. The summed E-state index contributed by atoms with van der Waals surface area (Å²) in [5, 5.41) is 8.75. The Morgan fingerprint density at radius 3 is 2.80 bits per heavy atom. The SMILES string of the molecule is N#Cc1[nH]c(=O)sc1-c1ccccc1F. The molecule has 2 rings (SSSR count). The van der Waals surface area contributed by atoms with E-state index in [0.29, 0.717) is 4.88 Å². The molecule has 1 aromatic carbocycles. The highest BCUT2D eigenvalue weighted by molar-refractivity contribution is 7.13. The number of benzene rings is 1. The number of aromatic nitrogens is 1. The summed E-state index contributed by atoms with van der Waals surface area (Å²) in [6.45, 7) is 0. The zero-order valence-corrected chi connectivity index (χ0v) is 8.27. The Hall–Kier alpha value is -1.93. The standard InChI is InChI=1S/C10H5FN2OS/c11-7-4-2-1-3-6(7)9-8(5-12)13-10(14)15-9/h1-4H,(H,13,14). The smallest absolute Gasteiger partial charge is 0.304 e. The molecular formula is C10H5FN2OS. The van der Waals surface area contributed by atoms with Crippen LogP contribution in [0.25, 0.3) is 10.4 Å². The molecule has 15 heavy (non-hydrogen) atoms. The Balaban J connectivity index is 2.70. The van der Waals surface area contributed by atoms with Crippen molar-refractivity contribution in [3.63, 3.8) is 0 Å². The lowest BCUT2D eigenvalue weighted by Crippen LogP contribution is -1.91. The molecular weight excluding hydrogens is 215 g/mol. The second kappa shape index (κ2) is 3.67. The van der Waals surface area contributed by atoms with Gasteiger partial charge in [-0.2, -0.15) is 5.26 Å². The first-order chi connectivity index (χ1) is 7.22. The van der Waals surface area contributed by atoms with E-state index in [1.165, 1.54) is 12.1 Å². The van der Waals surface area contributed by atoms with E-state index in [0.717, 1.165) is 11.3 Å². The lowest BCUT2D eigenvalue weighted by Gasteiger charge is -1.98. The lowest BCUT2D eigenvalue weighted by atomic mass is 10.1. The minimum Gasteiger partial charge on any atom is -0.304 e. The van der Waals surface area contributed by atoms with Gasteiger partial charge in [0.15, 0.2) is 0 Å². The highest BCUT2D eigenvalue weighted by atomic mass is 32.1. The third-order valence-corrected chi connectivity index (χ3v) is 2.79. The Bertz CT molecular complexity index is 594. The number of thiazole rings is 1. The third kappa shape index (κ3) is 1.67. The number of hydrogen-bond acceptors (Lipinski definition) is 3. The van der Waals surface area contributed by atoms with Gasteiger partial charge in [-0.3, -0.25) is 4.79 Å². The zero-order chi connectivity index (χ0) is 10.8. The maximum absolute atomic E-state index is 13.4. The molecule has 0 bridgehead atoms. The number of halogens is 1. The second-order valence-electron chi connectivity index (χ2n) is 2.81.